The van der Waals surface area contributed by atoms with Crippen LogP contribution in [-0.2, 0) is 12.8 Å². The van der Waals surface area contributed by atoms with Gasteiger partial charge in [0.2, 0.25) is 0 Å². The quantitative estimate of drug-likeness (QED) is 0.837. The zero-order valence-electron chi connectivity index (χ0n) is 11.6. The Balaban J connectivity index is 2.21. The molecule has 0 aliphatic heterocycles. The second-order valence-electron chi connectivity index (χ2n) is 5.96. The molecule has 3 rings (SSSR count). The minimum absolute atomic E-state index is 0.0441. The molecule has 0 bridgehead atoms. The molecule has 0 N–H and O–H groups in total. The zero-order valence-corrected chi connectivity index (χ0v) is 12.4. The molecular formula is C15H18N2OS. The van der Waals surface area contributed by atoms with E-state index in [1.165, 1.54) is 0 Å². The van der Waals surface area contributed by atoms with E-state index in [4.69, 9.17) is 0 Å². The van der Waals surface area contributed by atoms with Gasteiger partial charge in [-0.15, -0.1) is 11.3 Å². The van der Waals surface area contributed by atoms with Gasteiger partial charge >= 0.3 is 0 Å². The van der Waals surface area contributed by atoms with Crippen LogP contribution in [0, 0.1) is 5.41 Å². The normalized spacial score (nSPS) is 17.5. The number of aromatic nitrogens is 2. The average Bonchev–Trinajstić information content (AvgIpc) is 2.93. The summed E-state index contributed by atoms with van der Waals surface area (Å²) >= 11 is 1.61. The number of hydrogen-bond acceptors (Lipinski definition) is 3. The van der Waals surface area contributed by atoms with Crippen LogP contribution in [0.4, 0.5) is 0 Å². The van der Waals surface area contributed by atoms with Gasteiger partial charge in [-0.25, -0.2) is 4.98 Å². The van der Waals surface area contributed by atoms with Crippen molar-refractivity contribution in [2.24, 2.45) is 5.41 Å². The number of fused-ring (bicyclic) bond motifs is 1. The lowest BCUT2D eigenvalue weighted by Crippen LogP contribution is -2.28. The average molecular weight is 274 g/mol. The summed E-state index contributed by atoms with van der Waals surface area (Å²) in [4.78, 5) is 16.8. The van der Waals surface area contributed by atoms with Crippen LogP contribution in [-0.4, -0.2) is 15.3 Å². The van der Waals surface area contributed by atoms with Crippen LogP contribution < -0.4 is 0 Å². The van der Waals surface area contributed by atoms with Crippen LogP contribution in [0.25, 0.3) is 5.13 Å². The Bertz CT molecular complexity index is 623. The summed E-state index contributed by atoms with van der Waals surface area (Å²) in [6, 6.07) is 0. The molecular weight excluding hydrogens is 256 g/mol. The SMILES string of the molecule is CCc1cn(-c2nccs2)c2c1C(=O)CC(C)(C)C2. The molecule has 2 aromatic rings. The van der Waals surface area contributed by atoms with Crippen molar-refractivity contribution in [3.63, 3.8) is 0 Å². The third-order valence-corrected chi connectivity index (χ3v) is 4.53. The summed E-state index contributed by atoms with van der Waals surface area (Å²) < 4.78 is 2.12. The van der Waals surface area contributed by atoms with Crippen molar-refractivity contribution in [1.29, 1.82) is 0 Å². The lowest BCUT2D eigenvalue weighted by Gasteiger charge is -2.29. The summed E-state index contributed by atoms with van der Waals surface area (Å²) in [6.45, 7) is 6.44. The predicted molar refractivity (Wildman–Crippen MR) is 77.3 cm³/mol. The number of nitrogens with zero attached hydrogens (tertiary/aromatic N) is 2. The fraction of sp³-hybridized carbons (Fsp3) is 0.467. The molecule has 1 aliphatic carbocycles. The van der Waals surface area contributed by atoms with E-state index < -0.39 is 0 Å². The number of aryl methyl sites for hydroxylation is 1. The Hall–Kier alpha value is -1.42. The molecule has 0 unspecified atom stereocenters. The van der Waals surface area contributed by atoms with Crippen molar-refractivity contribution < 1.29 is 4.79 Å². The molecule has 4 heteroatoms. The van der Waals surface area contributed by atoms with Crippen LogP contribution in [0.3, 0.4) is 0 Å². The smallest absolute Gasteiger partial charge is 0.193 e. The van der Waals surface area contributed by atoms with Gasteiger partial charge < -0.3 is 0 Å². The molecule has 0 fully saturated rings. The van der Waals surface area contributed by atoms with Crippen molar-refractivity contribution in [2.75, 3.05) is 0 Å². The Morgan fingerprint density at radius 1 is 1.42 bits per heavy atom. The molecule has 3 nitrogen and oxygen atoms in total. The molecule has 0 saturated heterocycles. The Morgan fingerprint density at radius 2 is 2.21 bits per heavy atom. The molecule has 19 heavy (non-hydrogen) atoms. The Morgan fingerprint density at radius 3 is 2.84 bits per heavy atom. The molecule has 1 aliphatic rings. The van der Waals surface area contributed by atoms with E-state index in [2.05, 4.69) is 36.5 Å². The minimum atomic E-state index is 0.0441. The van der Waals surface area contributed by atoms with Gasteiger partial charge in [-0.3, -0.25) is 9.36 Å². The first-order chi connectivity index (χ1) is 9.02. The third kappa shape index (κ3) is 2.04. The van der Waals surface area contributed by atoms with Gasteiger partial charge in [-0.2, -0.15) is 0 Å². The van der Waals surface area contributed by atoms with Gasteiger partial charge in [0.05, 0.1) is 0 Å². The number of thiazole rings is 1. The summed E-state index contributed by atoms with van der Waals surface area (Å²) in [6.07, 6.45) is 6.39. The van der Waals surface area contributed by atoms with Crippen LogP contribution in [0.1, 0.15) is 48.8 Å². The summed E-state index contributed by atoms with van der Waals surface area (Å²) in [5.74, 6) is 0.290. The number of carbonyl (C=O) groups excluding carboxylic acids is 1. The second-order valence-corrected chi connectivity index (χ2v) is 6.83. The number of rotatable bonds is 2. The molecule has 0 atom stereocenters. The van der Waals surface area contributed by atoms with E-state index >= 15 is 0 Å². The van der Waals surface area contributed by atoms with Gasteiger partial charge in [0, 0.05) is 35.5 Å². The molecule has 0 radical (unpaired) electrons. The van der Waals surface area contributed by atoms with E-state index in [-0.39, 0.29) is 5.41 Å². The molecule has 100 valence electrons. The summed E-state index contributed by atoms with van der Waals surface area (Å²) in [5.41, 5.74) is 3.30. The van der Waals surface area contributed by atoms with Crippen LogP contribution in [0.2, 0.25) is 0 Å². The molecule has 0 amide bonds. The van der Waals surface area contributed by atoms with Crippen molar-refractivity contribution in [3.8, 4) is 5.13 Å². The van der Waals surface area contributed by atoms with Crippen molar-refractivity contribution >= 4 is 17.1 Å². The summed E-state index contributed by atoms with van der Waals surface area (Å²) in [7, 11) is 0. The van der Waals surface area contributed by atoms with Crippen LogP contribution in [0.15, 0.2) is 17.8 Å². The fourth-order valence-electron chi connectivity index (χ4n) is 2.93. The van der Waals surface area contributed by atoms with E-state index in [9.17, 15) is 4.79 Å². The first-order valence-corrected chi connectivity index (χ1v) is 7.56. The standard InChI is InChI=1S/C15H18N2OS/c1-4-10-9-17(14-16-5-6-19-14)11-7-15(2,3)8-12(18)13(10)11/h5-6,9H,4,7-8H2,1-3H3. The maximum absolute atomic E-state index is 12.4. The maximum atomic E-state index is 12.4. The van der Waals surface area contributed by atoms with Gasteiger partial charge in [0.15, 0.2) is 10.9 Å². The molecule has 2 heterocycles. The molecule has 0 aromatic carbocycles. The van der Waals surface area contributed by atoms with Crippen LogP contribution >= 0.6 is 11.3 Å². The molecule has 0 spiro atoms. The highest BCUT2D eigenvalue weighted by molar-refractivity contribution is 7.12. The highest BCUT2D eigenvalue weighted by Crippen LogP contribution is 2.38. The lowest BCUT2D eigenvalue weighted by atomic mass is 9.75. The molecule has 2 aromatic heterocycles. The summed E-state index contributed by atoms with van der Waals surface area (Å²) in [5, 5.41) is 2.94. The number of hydrogen-bond donors (Lipinski definition) is 0. The fourth-order valence-corrected chi connectivity index (χ4v) is 3.57. The number of Topliss-reactive ketones (excluding diaryl/α,β-unsaturated/α-hetero) is 1. The van der Waals surface area contributed by atoms with Gasteiger partial charge in [-0.1, -0.05) is 20.8 Å². The van der Waals surface area contributed by atoms with E-state index in [0.717, 1.165) is 34.8 Å². The monoisotopic (exact) mass is 274 g/mol. The van der Waals surface area contributed by atoms with Gasteiger partial charge in [0.1, 0.15) is 0 Å². The molecule has 0 saturated carbocycles. The van der Waals surface area contributed by atoms with Crippen molar-refractivity contribution in [2.45, 2.75) is 40.0 Å². The minimum Gasteiger partial charge on any atom is -0.296 e. The number of carbonyl (C=O) groups is 1. The van der Waals surface area contributed by atoms with Gasteiger partial charge in [0.25, 0.3) is 0 Å². The number of ketones is 1. The highest BCUT2D eigenvalue weighted by atomic mass is 32.1. The van der Waals surface area contributed by atoms with Gasteiger partial charge in [-0.05, 0) is 23.8 Å². The zero-order chi connectivity index (χ0) is 13.6. The van der Waals surface area contributed by atoms with E-state index in [1.807, 2.05) is 11.6 Å². The largest absolute Gasteiger partial charge is 0.296 e. The Labute approximate surface area is 117 Å². The predicted octanol–water partition coefficient (Wildman–Crippen LogP) is 3.65. The van der Waals surface area contributed by atoms with Crippen LogP contribution in [0.5, 0.6) is 0 Å². The second kappa shape index (κ2) is 4.30. The highest BCUT2D eigenvalue weighted by Gasteiger charge is 2.35. The van der Waals surface area contributed by atoms with E-state index in [1.54, 1.807) is 11.3 Å². The maximum Gasteiger partial charge on any atom is 0.193 e. The first-order valence-electron chi connectivity index (χ1n) is 6.68. The Kier molecular flexibility index (Phi) is 2.86. The third-order valence-electron chi connectivity index (χ3n) is 3.76. The van der Waals surface area contributed by atoms with E-state index in [0.29, 0.717) is 12.2 Å². The topological polar surface area (TPSA) is 34.9 Å². The first kappa shape index (κ1) is 12.6. The van der Waals surface area contributed by atoms with Crippen molar-refractivity contribution in [3.05, 3.63) is 34.6 Å². The van der Waals surface area contributed by atoms with Crippen molar-refractivity contribution in [1.82, 2.24) is 9.55 Å². The lowest BCUT2D eigenvalue weighted by molar-refractivity contribution is 0.0910.